The fraction of sp³-hybridized carbons (Fsp3) is 0.188. The molecule has 1 N–H and O–H groups in total. The van der Waals surface area contributed by atoms with E-state index in [1.165, 1.54) is 0 Å². The summed E-state index contributed by atoms with van der Waals surface area (Å²) in [6.45, 7) is 1.48. The van der Waals surface area contributed by atoms with Gasteiger partial charge in [0, 0.05) is 0 Å². The lowest BCUT2D eigenvalue weighted by molar-refractivity contribution is 0.0956. The standard InChI is InChI=1S/C16H15NO3/c18-16-14-10-13(6-7-15(14)19-9-8-17-16)20-11-12-4-2-1-3-5-12/h1-7,10H,8-9,11H2,(H,17,18). The van der Waals surface area contributed by atoms with Crippen LogP contribution in [-0.2, 0) is 6.61 Å². The highest BCUT2D eigenvalue weighted by atomic mass is 16.5. The van der Waals surface area contributed by atoms with Crippen molar-refractivity contribution in [3.63, 3.8) is 0 Å². The molecule has 1 heterocycles. The molecule has 1 amide bonds. The maximum absolute atomic E-state index is 11.9. The monoisotopic (exact) mass is 269 g/mol. The second-order valence-electron chi connectivity index (χ2n) is 4.54. The zero-order valence-electron chi connectivity index (χ0n) is 11.0. The van der Waals surface area contributed by atoms with Crippen LogP contribution in [0.25, 0.3) is 0 Å². The summed E-state index contributed by atoms with van der Waals surface area (Å²) < 4.78 is 11.2. The van der Waals surface area contributed by atoms with Crippen molar-refractivity contribution in [2.75, 3.05) is 13.2 Å². The van der Waals surface area contributed by atoms with Crippen LogP contribution in [0.2, 0.25) is 0 Å². The van der Waals surface area contributed by atoms with E-state index in [2.05, 4.69) is 5.32 Å². The number of amides is 1. The van der Waals surface area contributed by atoms with Crippen LogP contribution in [0.3, 0.4) is 0 Å². The summed E-state index contributed by atoms with van der Waals surface area (Å²) in [4.78, 5) is 11.9. The molecule has 0 unspecified atom stereocenters. The maximum Gasteiger partial charge on any atom is 0.255 e. The fourth-order valence-electron chi connectivity index (χ4n) is 2.06. The third kappa shape index (κ3) is 2.74. The quantitative estimate of drug-likeness (QED) is 0.930. The number of rotatable bonds is 3. The summed E-state index contributed by atoms with van der Waals surface area (Å²) in [7, 11) is 0. The molecule has 0 atom stereocenters. The van der Waals surface area contributed by atoms with Gasteiger partial charge in [0.1, 0.15) is 24.7 Å². The van der Waals surface area contributed by atoms with Gasteiger partial charge in [-0.25, -0.2) is 0 Å². The van der Waals surface area contributed by atoms with Crippen molar-refractivity contribution in [1.82, 2.24) is 5.32 Å². The van der Waals surface area contributed by atoms with Gasteiger partial charge in [0.05, 0.1) is 12.1 Å². The highest BCUT2D eigenvalue weighted by Crippen LogP contribution is 2.26. The highest BCUT2D eigenvalue weighted by molar-refractivity contribution is 5.97. The van der Waals surface area contributed by atoms with Crippen LogP contribution >= 0.6 is 0 Å². The predicted octanol–water partition coefficient (Wildman–Crippen LogP) is 2.39. The summed E-state index contributed by atoms with van der Waals surface area (Å²) >= 11 is 0. The lowest BCUT2D eigenvalue weighted by Gasteiger charge is -2.10. The summed E-state index contributed by atoms with van der Waals surface area (Å²) in [5, 5.41) is 2.78. The molecule has 20 heavy (non-hydrogen) atoms. The molecule has 0 fully saturated rings. The Morgan fingerprint density at radius 2 is 2.00 bits per heavy atom. The van der Waals surface area contributed by atoms with Crippen LogP contribution < -0.4 is 14.8 Å². The molecule has 0 bridgehead atoms. The smallest absolute Gasteiger partial charge is 0.255 e. The molecule has 0 aliphatic carbocycles. The van der Waals surface area contributed by atoms with Gasteiger partial charge < -0.3 is 14.8 Å². The number of hydrogen-bond donors (Lipinski definition) is 1. The second kappa shape index (κ2) is 5.65. The molecule has 4 nitrogen and oxygen atoms in total. The largest absolute Gasteiger partial charge is 0.491 e. The van der Waals surface area contributed by atoms with E-state index < -0.39 is 0 Å². The Bertz CT molecular complexity index is 610. The molecular weight excluding hydrogens is 254 g/mol. The third-order valence-corrected chi connectivity index (χ3v) is 3.09. The van der Waals surface area contributed by atoms with Gasteiger partial charge in [0.15, 0.2) is 0 Å². The number of fused-ring (bicyclic) bond motifs is 1. The Morgan fingerprint density at radius 1 is 1.15 bits per heavy atom. The minimum Gasteiger partial charge on any atom is -0.491 e. The molecule has 1 aliphatic rings. The number of carbonyl (C=O) groups is 1. The second-order valence-corrected chi connectivity index (χ2v) is 4.54. The van der Waals surface area contributed by atoms with E-state index in [0.717, 1.165) is 5.56 Å². The van der Waals surface area contributed by atoms with Crippen molar-refractivity contribution in [2.24, 2.45) is 0 Å². The van der Waals surface area contributed by atoms with Crippen LogP contribution in [0.1, 0.15) is 15.9 Å². The van der Waals surface area contributed by atoms with Crippen LogP contribution in [-0.4, -0.2) is 19.1 Å². The first kappa shape index (κ1) is 12.5. The van der Waals surface area contributed by atoms with E-state index in [9.17, 15) is 4.79 Å². The number of nitrogens with one attached hydrogen (secondary N) is 1. The normalized spacial score (nSPS) is 13.7. The Hall–Kier alpha value is -2.49. The van der Waals surface area contributed by atoms with Gasteiger partial charge in [-0.15, -0.1) is 0 Å². The van der Waals surface area contributed by atoms with Crippen molar-refractivity contribution in [3.8, 4) is 11.5 Å². The van der Waals surface area contributed by atoms with Gasteiger partial charge in [0.25, 0.3) is 5.91 Å². The molecule has 1 aliphatic heterocycles. The first-order valence-corrected chi connectivity index (χ1v) is 6.55. The minimum atomic E-state index is -0.123. The van der Waals surface area contributed by atoms with Gasteiger partial charge in [-0.05, 0) is 23.8 Å². The number of hydrogen-bond acceptors (Lipinski definition) is 3. The predicted molar refractivity (Wildman–Crippen MR) is 75.0 cm³/mol. The van der Waals surface area contributed by atoms with Crippen molar-refractivity contribution in [1.29, 1.82) is 0 Å². The summed E-state index contributed by atoms with van der Waals surface area (Å²) in [6, 6.07) is 15.2. The molecule has 0 aromatic heterocycles. The zero-order chi connectivity index (χ0) is 13.8. The Labute approximate surface area is 117 Å². The number of benzene rings is 2. The maximum atomic E-state index is 11.9. The van der Waals surface area contributed by atoms with E-state index in [1.54, 1.807) is 12.1 Å². The van der Waals surface area contributed by atoms with Gasteiger partial charge in [-0.1, -0.05) is 30.3 Å². The van der Waals surface area contributed by atoms with E-state index in [4.69, 9.17) is 9.47 Å². The molecular formula is C16H15NO3. The molecule has 4 heteroatoms. The Balaban J connectivity index is 1.76. The molecule has 0 radical (unpaired) electrons. The van der Waals surface area contributed by atoms with Crippen LogP contribution in [0, 0.1) is 0 Å². The van der Waals surface area contributed by atoms with Crippen molar-refractivity contribution >= 4 is 5.91 Å². The average Bonchev–Trinajstić information content (AvgIpc) is 2.68. The van der Waals surface area contributed by atoms with Crippen molar-refractivity contribution in [2.45, 2.75) is 6.61 Å². The first-order valence-electron chi connectivity index (χ1n) is 6.55. The SMILES string of the molecule is O=C1NCCOc2ccc(OCc3ccccc3)cc21. The number of ether oxygens (including phenoxy) is 2. The molecule has 0 spiro atoms. The van der Waals surface area contributed by atoms with E-state index in [1.807, 2.05) is 36.4 Å². The summed E-state index contributed by atoms with van der Waals surface area (Å²) in [6.07, 6.45) is 0. The van der Waals surface area contributed by atoms with E-state index in [-0.39, 0.29) is 5.91 Å². The molecule has 102 valence electrons. The van der Waals surface area contributed by atoms with Crippen LogP contribution in [0.5, 0.6) is 11.5 Å². The highest BCUT2D eigenvalue weighted by Gasteiger charge is 2.16. The summed E-state index contributed by atoms with van der Waals surface area (Å²) in [5.74, 6) is 1.14. The van der Waals surface area contributed by atoms with Gasteiger partial charge in [-0.3, -0.25) is 4.79 Å². The average molecular weight is 269 g/mol. The van der Waals surface area contributed by atoms with Crippen molar-refractivity contribution in [3.05, 3.63) is 59.7 Å². The van der Waals surface area contributed by atoms with Crippen LogP contribution in [0.15, 0.2) is 48.5 Å². The first-order chi connectivity index (χ1) is 9.83. The van der Waals surface area contributed by atoms with Gasteiger partial charge in [-0.2, -0.15) is 0 Å². The lowest BCUT2D eigenvalue weighted by Crippen LogP contribution is -2.24. The topological polar surface area (TPSA) is 47.6 Å². The molecule has 3 rings (SSSR count). The van der Waals surface area contributed by atoms with E-state index >= 15 is 0 Å². The van der Waals surface area contributed by atoms with Crippen LogP contribution in [0.4, 0.5) is 0 Å². The summed E-state index contributed by atoms with van der Waals surface area (Å²) in [5.41, 5.74) is 1.61. The zero-order valence-corrected chi connectivity index (χ0v) is 11.0. The molecule has 2 aromatic rings. The Morgan fingerprint density at radius 3 is 2.85 bits per heavy atom. The number of carbonyl (C=O) groups excluding carboxylic acids is 1. The van der Waals surface area contributed by atoms with E-state index in [0.29, 0.717) is 36.8 Å². The minimum absolute atomic E-state index is 0.123. The van der Waals surface area contributed by atoms with Gasteiger partial charge in [0.2, 0.25) is 0 Å². The van der Waals surface area contributed by atoms with Gasteiger partial charge >= 0.3 is 0 Å². The fourth-order valence-corrected chi connectivity index (χ4v) is 2.06. The molecule has 2 aromatic carbocycles. The Kier molecular flexibility index (Phi) is 3.54. The lowest BCUT2D eigenvalue weighted by atomic mass is 10.1. The molecule has 0 saturated carbocycles. The third-order valence-electron chi connectivity index (χ3n) is 3.09. The molecule has 0 saturated heterocycles. The van der Waals surface area contributed by atoms with Crippen molar-refractivity contribution < 1.29 is 14.3 Å².